The summed E-state index contributed by atoms with van der Waals surface area (Å²) in [5, 5.41) is 1.54. The third kappa shape index (κ3) is 3.77. The first-order chi connectivity index (χ1) is 13.5. The molecule has 1 atom stereocenters. The molecular weight excluding hydrogens is 417 g/mol. The zero-order valence-electron chi connectivity index (χ0n) is 14.8. The van der Waals surface area contributed by atoms with Crippen LogP contribution in [0.5, 0.6) is 0 Å². The van der Waals surface area contributed by atoms with E-state index < -0.39 is 0 Å². The number of aromatic nitrogens is 2. The second kappa shape index (κ2) is 8.15. The molecule has 0 N–H and O–H groups in total. The van der Waals surface area contributed by atoms with E-state index in [2.05, 4.69) is 4.98 Å². The van der Waals surface area contributed by atoms with E-state index in [9.17, 15) is 9.59 Å². The fourth-order valence-corrected chi connectivity index (χ4v) is 5.20. The molecule has 1 aliphatic rings. The molecule has 2 heterocycles. The van der Waals surface area contributed by atoms with Crippen LogP contribution < -0.4 is 5.56 Å². The van der Waals surface area contributed by atoms with Crippen molar-refractivity contribution < 1.29 is 4.79 Å². The van der Waals surface area contributed by atoms with Crippen molar-refractivity contribution in [2.24, 2.45) is 0 Å². The molecule has 5 nitrogen and oxygen atoms in total. The maximum absolute atomic E-state index is 12.9. The van der Waals surface area contributed by atoms with Crippen LogP contribution in [-0.2, 0) is 11.3 Å². The van der Waals surface area contributed by atoms with Gasteiger partial charge < -0.3 is 4.90 Å². The molecule has 1 unspecified atom stereocenters. The van der Waals surface area contributed by atoms with Gasteiger partial charge in [-0.15, -0.1) is 11.8 Å². The average Bonchev–Trinajstić information content (AvgIpc) is 3.17. The van der Waals surface area contributed by atoms with Gasteiger partial charge in [-0.25, -0.2) is 4.98 Å². The van der Waals surface area contributed by atoms with Crippen LogP contribution in [0.2, 0.25) is 10.0 Å². The summed E-state index contributed by atoms with van der Waals surface area (Å²) in [5.41, 5.74) is 1.40. The first-order valence-electron chi connectivity index (χ1n) is 8.85. The van der Waals surface area contributed by atoms with Gasteiger partial charge in [0.05, 0.1) is 17.2 Å². The van der Waals surface area contributed by atoms with Crippen molar-refractivity contribution in [1.29, 1.82) is 0 Å². The van der Waals surface area contributed by atoms with E-state index in [-0.39, 0.29) is 29.8 Å². The molecule has 0 radical (unpaired) electrons. The Labute approximate surface area is 176 Å². The van der Waals surface area contributed by atoms with Gasteiger partial charge in [0.25, 0.3) is 5.56 Å². The molecule has 8 heteroatoms. The van der Waals surface area contributed by atoms with E-state index in [1.807, 2.05) is 23.1 Å². The lowest BCUT2D eigenvalue weighted by Gasteiger charge is -2.25. The molecule has 4 rings (SSSR count). The number of thioether (sulfide) groups is 1. The van der Waals surface area contributed by atoms with Gasteiger partial charge in [-0.1, -0.05) is 41.4 Å². The maximum atomic E-state index is 12.9. The highest BCUT2D eigenvalue weighted by Crippen LogP contribution is 2.41. The summed E-state index contributed by atoms with van der Waals surface area (Å²) in [6, 6.07) is 12.5. The third-order valence-electron chi connectivity index (χ3n) is 4.74. The second-order valence-electron chi connectivity index (χ2n) is 6.49. The fourth-order valence-electron chi connectivity index (χ4n) is 3.31. The first-order valence-corrected chi connectivity index (χ1v) is 10.7. The van der Waals surface area contributed by atoms with Gasteiger partial charge in [-0.2, -0.15) is 0 Å². The Morgan fingerprint density at radius 2 is 2.04 bits per heavy atom. The molecule has 0 aliphatic carbocycles. The van der Waals surface area contributed by atoms with Gasteiger partial charge in [-0.3, -0.25) is 14.2 Å². The minimum atomic E-state index is -0.135. The van der Waals surface area contributed by atoms with Crippen molar-refractivity contribution in [3.8, 4) is 0 Å². The van der Waals surface area contributed by atoms with Crippen molar-refractivity contribution in [1.82, 2.24) is 14.5 Å². The van der Waals surface area contributed by atoms with Crippen LogP contribution >= 0.6 is 35.0 Å². The van der Waals surface area contributed by atoms with Crippen LogP contribution in [0.3, 0.4) is 0 Å². The molecule has 2 aromatic carbocycles. The number of carbonyl (C=O) groups excluding carboxylic acids is 1. The number of fused-ring (bicyclic) bond motifs is 1. The molecule has 1 fully saturated rings. The van der Waals surface area contributed by atoms with Crippen molar-refractivity contribution in [3.63, 3.8) is 0 Å². The van der Waals surface area contributed by atoms with E-state index in [0.717, 1.165) is 11.3 Å². The van der Waals surface area contributed by atoms with Gasteiger partial charge >= 0.3 is 0 Å². The van der Waals surface area contributed by atoms with Crippen LogP contribution in [0.1, 0.15) is 17.4 Å². The molecule has 1 aromatic heterocycles. The Balaban J connectivity index is 1.50. The van der Waals surface area contributed by atoms with Gasteiger partial charge in [0, 0.05) is 40.9 Å². The van der Waals surface area contributed by atoms with Gasteiger partial charge in [0.15, 0.2) is 0 Å². The summed E-state index contributed by atoms with van der Waals surface area (Å²) >= 11 is 14.0. The summed E-state index contributed by atoms with van der Waals surface area (Å²) in [6.07, 6.45) is 1.73. The number of carbonyl (C=O) groups is 1. The lowest BCUT2D eigenvalue weighted by atomic mass is 10.2. The largest absolute Gasteiger partial charge is 0.326 e. The van der Waals surface area contributed by atoms with Crippen LogP contribution in [0.15, 0.2) is 53.6 Å². The Kier molecular flexibility index (Phi) is 5.62. The molecule has 1 aliphatic heterocycles. The lowest BCUT2D eigenvalue weighted by Crippen LogP contribution is -2.32. The highest BCUT2D eigenvalue weighted by Gasteiger charge is 2.31. The normalized spacial score (nSPS) is 16.6. The second-order valence-corrected chi connectivity index (χ2v) is 8.52. The number of hydrogen-bond donors (Lipinski definition) is 0. The van der Waals surface area contributed by atoms with Gasteiger partial charge in [0.2, 0.25) is 5.91 Å². The zero-order valence-corrected chi connectivity index (χ0v) is 17.2. The van der Waals surface area contributed by atoms with Crippen LogP contribution in [0.4, 0.5) is 0 Å². The summed E-state index contributed by atoms with van der Waals surface area (Å²) in [5.74, 6) is 0.827. The SMILES string of the molecule is O=C(CCn1cnc2ccccc2c1=O)N1CCSC1c1ccc(Cl)cc1Cl. The first kappa shape index (κ1) is 19.3. The minimum Gasteiger partial charge on any atom is -0.326 e. The Hall–Kier alpha value is -2.02. The number of nitrogens with zero attached hydrogens (tertiary/aromatic N) is 3. The van der Waals surface area contributed by atoms with Crippen molar-refractivity contribution in [2.75, 3.05) is 12.3 Å². The molecule has 1 saturated heterocycles. The topological polar surface area (TPSA) is 55.2 Å². The quantitative estimate of drug-likeness (QED) is 0.612. The minimum absolute atomic E-state index is 0.0129. The predicted octanol–water partition coefficient (Wildman–Crippen LogP) is 4.37. The molecule has 28 heavy (non-hydrogen) atoms. The summed E-state index contributed by atoms with van der Waals surface area (Å²) in [6.45, 7) is 0.940. The third-order valence-corrected chi connectivity index (χ3v) is 6.54. The summed E-state index contributed by atoms with van der Waals surface area (Å²) < 4.78 is 1.49. The molecule has 3 aromatic rings. The van der Waals surface area contributed by atoms with E-state index in [1.165, 1.54) is 10.9 Å². The van der Waals surface area contributed by atoms with Crippen LogP contribution in [-0.4, -0.2) is 32.7 Å². The van der Waals surface area contributed by atoms with Crippen LogP contribution in [0.25, 0.3) is 10.9 Å². The number of halogens is 2. The van der Waals surface area contributed by atoms with E-state index >= 15 is 0 Å². The number of aryl methyl sites for hydroxylation is 1. The van der Waals surface area contributed by atoms with Crippen molar-refractivity contribution >= 4 is 51.8 Å². The molecule has 1 amide bonds. The maximum Gasteiger partial charge on any atom is 0.261 e. The smallest absolute Gasteiger partial charge is 0.261 e. The lowest BCUT2D eigenvalue weighted by molar-refractivity contribution is -0.131. The average molecular weight is 434 g/mol. The Morgan fingerprint density at radius 1 is 1.21 bits per heavy atom. The Bertz CT molecular complexity index is 1100. The molecular formula is C20H17Cl2N3O2S. The number of hydrogen-bond acceptors (Lipinski definition) is 4. The monoisotopic (exact) mass is 433 g/mol. The Morgan fingerprint density at radius 3 is 2.86 bits per heavy atom. The molecule has 0 saturated carbocycles. The number of amides is 1. The van der Waals surface area contributed by atoms with Crippen LogP contribution in [0, 0.1) is 0 Å². The molecule has 144 valence electrons. The van der Waals surface area contributed by atoms with Gasteiger partial charge in [0.1, 0.15) is 5.37 Å². The fraction of sp³-hybridized carbons (Fsp3) is 0.250. The summed E-state index contributed by atoms with van der Waals surface area (Å²) in [7, 11) is 0. The zero-order chi connectivity index (χ0) is 19.7. The number of benzene rings is 2. The number of para-hydroxylation sites is 1. The highest BCUT2D eigenvalue weighted by molar-refractivity contribution is 7.99. The van der Waals surface area contributed by atoms with Crippen molar-refractivity contribution in [2.45, 2.75) is 18.3 Å². The predicted molar refractivity (Wildman–Crippen MR) is 114 cm³/mol. The van der Waals surface area contributed by atoms with Crippen molar-refractivity contribution in [3.05, 3.63) is 74.8 Å². The molecule has 0 bridgehead atoms. The molecule has 0 spiro atoms. The van der Waals surface area contributed by atoms with Gasteiger partial charge in [-0.05, 0) is 24.3 Å². The number of rotatable bonds is 4. The van der Waals surface area contributed by atoms with E-state index in [1.54, 1.807) is 36.0 Å². The highest BCUT2D eigenvalue weighted by atomic mass is 35.5. The summed E-state index contributed by atoms with van der Waals surface area (Å²) in [4.78, 5) is 31.6. The van der Waals surface area contributed by atoms with E-state index in [0.29, 0.717) is 27.5 Å². The standard InChI is InChI=1S/C20H17Cl2N3O2S/c21-13-5-6-14(16(22)11-13)20-25(9-10-28-20)18(26)7-8-24-12-23-17-4-2-1-3-15(17)19(24)27/h1-6,11-12,20H,7-10H2. The van der Waals surface area contributed by atoms with E-state index in [4.69, 9.17) is 23.2 Å².